The number of carbonyl (C=O) groups is 2. The van der Waals surface area contributed by atoms with Gasteiger partial charge in [0.05, 0.1) is 28.6 Å². The van der Waals surface area contributed by atoms with Gasteiger partial charge >= 0.3 is 5.97 Å². The van der Waals surface area contributed by atoms with Gasteiger partial charge in [0.25, 0.3) is 11.6 Å². The minimum absolute atomic E-state index is 0.0545. The summed E-state index contributed by atoms with van der Waals surface area (Å²) in [4.78, 5) is 34.3. The third kappa shape index (κ3) is 4.17. The van der Waals surface area contributed by atoms with Gasteiger partial charge in [0.1, 0.15) is 11.6 Å². The van der Waals surface area contributed by atoms with Crippen molar-refractivity contribution in [2.24, 2.45) is 0 Å². The molecular weight excluding hydrogens is 364 g/mol. The van der Waals surface area contributed by atoms with Gasteiger partial charge in [-0.25, -0.2) is 0 Å². The van der Waals surface area contributed by atoms with Crippen LogP contribution in [0.1, 0.15) is 28.7 Å². The number of halogens is 1. The van der Waals surface area contributed by atoms with Gasteiger partial charge < -0.3 is 10.1 Å². The van der Waals surface area contributed by atoms with Crippen molar-refractivity contribution in [3.05, 3.63) is 50.3 Å². The summed E-state index contributed by atoms with van der Waals surface area (Å²) in [6.45, 7) is 5.25. The lowest BCUT2D eigenvalue weighted by molar-refractivity contribution is -0.384. The molecule has 0 spiro atoms. The molecule has 1 aromatic carbocycles. The van der Waals surface area contributed by atoms with Crippen LogP contribution in [-0.4, -0.2) is 33.2 Å². The lowest BCUT2D eigenvalue weighted by Crippen LogP contribution is -2.16. The molecule has 0 aliphatic rings. The number of anilines is 1. The number of ether oxygens (including phenoxy) is 1. The number of esters is 1. The second-order valence-electron chi connectivity index (χ2n) is 5.39. The highest BCUT2D eigenvalue weighted by atomic mass is 35.5. The average molecular weight is 381 g/mol. The number of aryl methyl sites for hydroxylation is 1. The molecule has 0 aliphatic heterocycles. The van der Waals surface area contributed by atoms with Crippen LogP contribution in [0.3, 0.4) is 0 Å². The van der Waals surface area contributed by atoms with E-state index in [-0.39, 0.29) is 29.4 Å². The molecule has 0 fully saturated rings. The molecule has 0 unspecified atom stereocenters. The fourth-order valence-electron chi connectivity index (χ4n) is 2.34. The third-order valence-electron chi connectivity index (χ3n) is 3.61. The molecule has 1 amide bonds. The largest absolute Gasteiger partial charge is 0.465 e. The molecule has 138 valence electrons. The third-order valence-corrected chi connectivity index (χ3v) is 3.93. The Hall–Kier alpha value is -2.94. The zero-order chi connectivity index (χ0) is 19.4. The summed E-state index contributed by atoms with van der Waals surface area (Å²) in [5.74, 6) is -0.990. The number of nitro groups is 1. The quantitative estimate of drug-likeness (QED) is 0.468. The maximum absolute atomic E-state index is 12.4. The van der Waals surface area contributed by atoms with Crippen LogP contribution >= 0.6 is 11.6 Å². The van der Waals surface area contributed by atoms with E-state index in [2.05, 4.69) is 10.4 Å². The summed E-state index contributed by atoms with van der Waals surface area (Å²) in [6.07, 6.45) is 0. The van der Waals surface area contributed by atoms with Gasteiger partial charge in [0.2, 0.25) is 0 Å². The fourth-order valence-corrected chi connectivity index (χ4v) is 2.53. The van der Waals surface area contributed by atoms with Gasteiger partial charge in [0.15, 0.2) is 0 Å². The zero-order valence-electron chi connectivity index (χ0n) is 14.4. The predicted octanol–water partition coefficient (Wildman–Crippen LogP) is 2.88. The monoisotopic (exact) mass is 380 g/mol. The van der Waals surface area contributed by atoms with Gasteiger partial charge in [-0.05, 0) is 32.9 Å². The second-order valence-corrected chi connectivity index (χ2v) is 5.79. The van der Waals surface area contributed by atoms with Gasteiger partial charge in [-0.3, -0.25) is 24.4 Å². The van der Waals surface area contributed by atoms with E-state index in [4.69, 9.17) is 16.3 Å². The minimum atomic E-state index is -0.660. The number of rotatable bonds is 6. The van der Waals surface area contributed by atoms with Crippen molar-refractivity contribution in [3.8, 4) is 0 Å². The first-order valence-corrected chi connectivity index (χ1v) is 8.07. The Labute approximate surface area is 154 Å². The van der Waals surface area contributed by atoms with Crippen LogP contribution in [0.4, 0.5) is 11.4 Å². The fraction of sp³-hybridized carbons (Fsp3) is 0.312. The summed E-state index contributed by atoms with van der Waals surface area (Å²) in [6, 6.07) is 3.78. The summed E-state index contributed by atoms with van der Waals surface area (Å²) in [5.41, 5.74) is 1.22. The van der Waals surface area contributed by atoms with Crippen LogP contribution in [0.25, 0.3) is 0 Å². The van der Waals surface area contributed by atoms with Crippen molar-refractivity contribution in [1.82, 2.24) is 9.78 Å². The summed E-state index contributed by atoms with van der Waals surface area (Å²) < 4.78 is 6.31. The number of nitrogens with zero attached hydrogens (tertiary/aromatic N) is 3. The van der Waals surface area contributed by atoms with E-state index in [9.17, 15) is 19.7 Å². The Morgan fingerprint density at radius 3 is 2.69 bits per heavy atom. The molecule has 2 rings (SSSR count). The van der Waals surface area contributed by atoms with E-state index >= 15 is 0 Å². The lowest BCUT2D eigenvalue weighted by Gasteiger charge is -2.07. The first-order chi connectivity index (χ1) is 12.2. The molecular formula is C16H17ClN4O5. The molecule has 9 nitrogen and oxygen atoms in total. The Kier molecular flexibility index (Phi) is 5.93. The van der Waals surface area contributed by atoms with Gasteiger partial charge in [-0.2, -0.15) is 5.10 Å². The molecule has 2 aromatic rings. The highest BCUT2D eigenvalue weighted by Crippen LogP contribution is 2.26. The van der Waals surface area contributed by atoms with Crippen molar-refractivity contribution in [2.75, 3.05) is 11.9 Å². The number of nitro benzene ring substituents is 1. The Morgan fingerprint density at radius 1 is 1.38 bits per heavy atom. The number of aromatic nitrogens is 2. The molecule has 0 saturated carbocycles. The Bertz CT molecular complexity index is 878. The molecule has 1 N–H and O–H groups in total. The van der Waals surface area contributed by atoms with Gasteiger partial charge in [-0.1, -0.05) is 11.6 Å². The van der Waals surface area contributed by atoms with Crippen LogP contribution in [0.15, 0.2) is 18.2 Å². The molecule has 0 bridgehead atoms. The number of amides is 1. The standard InChI is InChI=1S/C16H17ClN4O5/c1-4-26-14(22)8-20-10(3)15(9(2)19-20)18-16(23)11-5-6-12(17)13(7-11)21(24)25/h5-7H,4,8H2,1-3H3,(H,18,23). The minimum Gasteiger partial charge on any atom is -0.465 e. The SMILES string of the molecule is CCOC(=O)Cn1nc(C)c(NC(=O)c2ccc(Cl)c([N+](=O)[O-])c2)c1C. The van der Waals surface area contributed by atoms with Gasteiger partial charge in [0, 0.05) is 11.6 Å². The second kappa shape index (κ2) is 7.96. The van der Waals surface area contributed by atoms with E-state index in [1.165, 1.54) is 16.8 Å². The number of hydrogen-bond donors (Lipinski definition) is 1. The van der Waals surface area contributed by atoms with E-state index in [0.29, 0.717) is 17.1 Å². The first kappa shape index (κ1) is 19.4. The van der Waals surface area contributed by atoms with Gasteiger partial charge in [-0.15, -0.1) is 0 Å². The van der Waals surface area contributed by atoms with Crippen LogP contribution < -0.4 is 5.32 Å². The van der Waals surface area contributed by atoms with Crippen molar-refractivity contribution in [2.45, 2.75) is 27.3 Å². The summed E-state index contributed by atoms with van der Waals surface area (Å²) in [5, 5.41) is 17.8. The molecule has 1 aromatic heterocycles. The van der Waals surface area contributed by atoms with E-state index in [1.54, 1.807) is 20.8 Å². The highest BCUT2D eigenvalue weighted by molar-refractivity contribution is 6.32. The molecule has 0 aliphatic carbocycles. The van der Waals surface area contributed by atoms with Crippen molar-refractivity contribution >= 4 is 34.9 Å². The average Bonchev–Trinajstić information content (AvgIpc) is 2.82. The van der Waals surface area contributed by atoms with E-state index in [0.717, 1.165) is 6.07 Å². The number of nitrogens with one attached hydrogen (secondary N) is 1. The molecule has 10 heteroatoms. The predicted molar refractivity (Wildman–Crippen MR) is 94.4 cm³/mol. The molecule has 1 heterocycles. The Balaban J connectivity index is 2.24. The maximum Gasteiger partial charge on any atom is 0.327 e. The van der Waals surface area contributed by atoms with Crippen LogP contribution in [-0.2, 0) is 16.1 Å². The summed E-state index contributed by atoms with van der Waals surface area (Å²) in [7, 11) is 0. The maximum atomic E-state index is 12.4. The van der Waals surface area contributed by atoms with Crippen LogP contribution in [0.2, 0.25) is 5.02 Å². The van der Waals surface area contributed by atoms with E-state index in [1.807, 2.05) is 0 Å². The molecule has 26 heavy (non-hydrogen) atoms. The number of hydrogen-bond acceptors (Lipinski definition) is 6. The van der Waals surface area contributed by atoms with Crippen LogP contribution in [0.5, 0.6) is 0 Å². The summed E-state index contributed by atoms with van der Waals surface area (Å²) >= 11 is 5.75. The highest BCUT2D eigenvalue weighted by Gasteiger charge is 2.20. The van der Waals surface area contributed by atoms with Crippen molar-refractivity contribution < 1.29 is 19.2 Å². The lowest BCUT2D eigenvalue weighted by atomic mass is 10.2. The Morgan fingerprint density at radius 2 is 2.08 bits per heavy atom. The zero-order valence-corrected chi connectivity index (χ0v) is 15.2. The smallest absolute Gasteiger partial charge is 0.327 e. The topological polar surface area (TPSA) is 116 Å². The molecule has 0 atom stereocenters. The van der Waals surface area contributed by atoms with Crippen LogP contribution in [0, 0.1) is 24.0 Å². The number of benzene rings is 1. The van der Waals surface area contributed by atoms with Crippen molar-refractivity contribution in [3.63, 3.8) is 0 Å². The normalized spacial score (nSPS) is 10.5. The molecule has 0 saturated heterocycles. The first-order valence-electron chi connectivity index (χ1n) is 7.69. The molecule has 0 radical (unpaired) electrons. The number of carbonyl (C=O) groups excluding carboxylic acids is 2. The van der Waals surface area contributed by atoms with Crippen molar-refractivity contribution in [1.29, 1.82) is 0 Å². The van der Waals surface area contributed by atoms with E-state index < -0.39 is 16.8 Å².